The largest absolute Gasteiger partial charge is 0.376 e. The Hall–Kier alpha value is -5.30. The van der Waals surface area contributed by atoms with Crippen LogP contribution in [-0.4, -0.2) is 115 Å². The Morgan fingerprint density at radius 3 is 1.84 bits per heavy atom. The van der Waals surface area contributed by atoms with Gasteiger partial charge in [-0.15, -0.1) is 0 Å². The predicted octanol–water partition coefficient (Wildman–Crippen LogP) is 4.12. The molecular formula is C43H58N14O4. The van der Waals surface area contributed by atoms with Gasteiger partial charge in [0, 0.05) is 70.1 Å². The second kappa shape index (κ2) is 19.2. The van der Waals surface area contributed by atoms with Crippen LogP contribution < -0.4 is 31.9 Å². The second-order valence-corrected chi connectivity index (χ2v) is 17.6. The highest BCUT2D eigenvalue weighted by Gasteiger charge is 2.35. The average Bonchev–Trinajstić information content (AvgIpc) is 3.81. The summed E-state index contributed by atoms with van der Waals surface area (Å²) in [6.45, 7) is 12.2. The van der Waals surface area contributed by atoms with Crippen molar-refractivity contribution in [1.29, 1.82) is 0 Å². The molecule has 4 saturated heterocycles. The Balaban J connectivity index is 0.936. The first kappa shape index (κ1) is 42.4. The fourth-order valence-electron chi connectivity index (χ4n) is 8.81. The van der Waals surface area contributed by atoms with Gasteiger partial charge in [0.05, 0.1) is 45.8 Å². The normalized spacial score (nSPS) is 25.0. The summed E-state index contributed by atoms with van der Waals surface area (Å²) in [4.78, 5) is 62.8. The zero-order valence-electron chi connectivity index (χ0n) is 35.4. The van der Waals surface area contributed by atoms with Crippen LogP contribution in [0.3, 0.4) is 0 Å². The summed E-state index contributed by atoms with van der Waals surface area (Å²) in [7, 11) is 0. The average molecular weight is 835 g/mol. The maximum absolute atomic E-state index is 12.9. The third-order valence-corrected chi connectivity index (χ3v) is 12.0. The molecule has 6 N–H and O–H groups in total. The number of carbonyl (C=O) groups excluding carboxylic acids is 2. The summed E-state index contributed by atoms with van der Waals surface area (Å²) in [6.07, 6.45) is 11.7. The Morgan fingerprint density at radius 2 is 1.21 bits per heavy atom. The maximum atomic E-state index is 12.9. The number of rotatable bonds is 14. The van der Waals surface area contributed by atoms with Crippen molar-refractivity contribution in [2.45, 2.75) is 83.3 Å². The lowest BCUT2D eigenvalue weighted by molar-refractivity contribution is -0.120. The molecule has 4 aromatic heterocycles. The van der Waals surface area contributed by atoms with Crippen LogP contribution in [0.1, 0.15) is 71.4 Å². The molecule has 8 rings (SSSR count). The minimum absolute atomic E-state index is 0.0798. The number of anilines is 4. The van der Waals surface area contributed by atoms with Gasteiger partial charge in [0.1, 0.15) is 0 Å². The molecule has 8 heterocycles. The first-order valence-electron chi connectivity index (χ1n) is 21.7. The zero-order valence-corrected chi connectivity index (χ0v) is 35.4. The smallest absolute Gasteiger partial charge is 0.231 e. The highest BCUT2D eigenvalue weighted by Crippen LogP contribution is 2.34. The van der Waals surface area contributed by atoms with E-state index < -0.39 is 5.60 Å². The van der Waals surface area contributed by atoms with Gasteiger partial charge in [-0.1, -0.05) is 0 Å². The van der Waals surface area contributed by atoms with Crippen LogP contribution in [0, 0.1) is 23.7 Å². The molecule has 0 aromatic carbocycles. The van der Waals surface area contributed by atoms with Gasteiger partial charge in [0.15, 0.2) is 0 Å². The number of nitrogens with one attached hydrogen (secondary N) is 6. The van der Waals surface area contributed by atoms with Crippen LogP contribution in [0.5, 0.6) is 0 Å². The summed E-state index contributed by atoms with van der Waals surface area (Å²) in [6, 6.07) is 7.34. The van der Waals surface area contributed by atoms with Crippen LogP contribution in [0.25, 0.3) is 22.8 Å². The third kappa shape index (κ3) is 11.5. The van der Waals surface area contributed by atoms with E-state index in [9.17, 15) is 9.59 Å². The number of hydrogen-bond donors (Lipinski definition) is 6. The van der Waals surface area contributed by atoms with E-state index in [1.165, 1.54) is 0 Å². The third-order valence-electron chi connectivity index (χ3n) is 12.0. The summed E-state index contributed by atoms with van der Waals surface area (Å²) < 4.78 is 12.5. The second-order valence-electron chi connectivity index (χ2n) is 17.6. The molecule has 0 spiro atoms. The number of hydrogen-bond acceptors (Lipinski definition) is 16. The quantitative estimate of drug-likeness (QED) is 0.105. The summed E-state index contributed by atoms with van der Waals surface area (Å²) >= 11 is 0. The Bertz CT molecular complexity index is 2150. The number of aromatic nitrogens is 8. The van der Waals surface area contributed by atoms with E-state index in [0.29, 0.717) is 79.8 Å². The number of carbonyl (C=O) groups is 2. The molecule has 5 atom stereocenters. The molecule has 0 saturated carbocycles. The van der Waals surface area contributed by atoms with Crippen molar-refractivity contribution in [2.24, 2.45) is 23.7 Å². The van der Waals surface area contributed by atoms with E-state index in [0.717, 1.165) is 70.3 Å². The maximum Gasteiger partial charge on any atom is 0.231 e. The fourth-order valence-corrected chi connectivity index (χ4v) is 8.81. The molecule has 0 radical (unpaired) electrons. The molecule has 2 amide bonds. The molecule has 61 heavy (non-hydrogen) atoms. The molecule has 4 aliphatic rings. The molecule has 5 unspecified atom stereocenters. The molecule has 4 aromatic rings. The molecule has 0 bridgehead atoms. The summed E-state index contributed by atoms with van der Waals surface area (Å²) in [5.74, 6) is 1.83. The van der Waals surface area contributed by atoms with Crippen LogP contribution in [0.2, 0.25) is 0 Å². The molecule has 18 heteroatoms. The van der Waals surface area contributed by atoms with Gasteiger partial charge in [-0.25, -0.2) is 39.9 Å². The van der Waals surface area contributed by atoms with E-state index in [2.05, 4.69) is 72.6 Å². The van der Waals surface area contributed by atoms with Gasteiger partial charge in [-0.3, -0.25) is 20.2 Å². The van der Waals surface area contributed by atoms with Crippen molar-refractivity contribution in [1.82, 2.24) is 50.5 Å². The van der Waals surface area contributed by atoms with Crippen molar-refractivity contribution >= 4 is 35.6 Å². The molecule has 4 fully saturated rings. The molecule has 4 aliphatic heterocycles. The molecule has 324 valence electrons. The van der Waals surface area contributed by atoms with Crippen LogP contribution in [0.15, 0.2) is 42.9 Å². The lowest BCUT2D eigenvalue weighted by Gasteiger charge is -2.38. The number of amides is 2. The van der Waals surface area contributed by atoms with Gasteiger partial charge in [0.2, 0.25) is 35.6 Å². The number of piperidine rings is 1. The Labute approximate surface area is 356 Å². The van der Waals surface area contributed by atoms with Crippen LogP contribution in [0.4, 0.5) is 23.8 Å². The monoisotopic (exact) mass is 834 g/mol. The first-order chi connectivity index (χ1) is 29.5. The predicted molar refractivity (Wildman–Crippen MR) is 230 cm³/mol. The zero-order chi connectivity index (χ0) is 42.2. The van der Waals surface area contributed by atoms with Gasteiger partial charge in [0.25, 0.3) is 0 Å². The van der Waals surface area contributed by atoms with Crippen LogP contribution >= 0.6 is 0 Å². The van der Waals surface area contributed by atoms with Crippen molar-refractivity contribution in [3.63, 3.8) is 0 Å². The highest BCUT2D eigenvalue weighted by atomic mass is 16.5. The van der Waals surface area contributed by atoms with Crippen LogP contribution in [-0.2, 0) is 25.5 Å². The minimum atomic E-state index is -0.503. The van der Waals surface area contributed by atoms with E-state index >= 15 is 0 Å². The minimum Gasteiger partial charge on any atom is -0.376 e. The van der Waals surface area contributed by atoms with Crippen molar-refractivity contribution < 1.29 is 19.1 Å². The number of nitrogens with zero attached hydrogens (tertiary/aromatic N) is 8. The standard InChI is InChI=1S/C43H58N14O4/c1-42(2)20-27(10-17-60-42)23-50-41-51-31(19-35(55-41)34-9-16-48-40(54-34)57-37(59)30-6-13-45-26-30)22-43(3)21-28(11-18-61-43)24-49-38-46-14-7-32(52-38)33-8-15-47-39(53-33)56-36(58)29-5-4-12-44-25-29/h7-9,14-16,19,27-30,44-45H,4-6,10-13,17-18,20-26H2,1-3H3,(H,46,49,52)(H,50,51,55)(H,47,53,56,58)(H,48,54,57,59). The van der Waals surface area contributed by atoms with E-state index in [1.54, 1.807) is 36.8 Å². The lowest BCUT2D eigenvalue weighted by atomic mass is 9.84. The summed E-state index contributed by atoms with van der Waals surface area (Å²) in [5, 5.41) is 19.3. The molecule has 18 nitrogen and oxygen atoms in total. The van der Waals surface area contributed by atoms with E-state index in [4.69, 9.17) is 29.4 Å². The SMILES string of the molecule is CC1(C)CC(CNc2nc(CC3(C)CC(CNc4nccc(-c5ccnc(NC(=O)C6CCCNC6)n5)n4)CCO3)cc(-c3ccnc(NC(=O)C4CCNC4)n3)n2)CCO1. The van der Waals surface area contributed by atoms with Gasteiger partial charge in [-0.05, 0) is 115 Å². The van der Waals surface area contributed by atoms with Gasteiger partial charge in [-0.2, -0.15) is 0 Å². The first-order valence-corrected chi connectivity index (χ1v) is 21.7. The fraction of sp³-hybridized carbons (Fsp3) is 0.581. The number of ether oxygens (including phenoxy) is 2. The Morgan fingerprint density at radius 1 is 0.656 bits per heavy atom. The Kier molecular flexibility index (Phi) is 13.3. The molecular weight excluding hydrogens is 777 g/mol. The van der Waals surface area contributed by atoms with E-state index in [-0.39, 0.29) is 47.1 Å². The van der Waals surface area contributed by atoms with Crippen molar-refractivity contribution in [3.05, 3.63) is 48.5 Å². The molecule has 0 aliphatic carbocycles. The van der Waals surface area contributed by atoms with Gasteiger partial charge >= 0.3 is 0 Å². The lowest BCUT2D eigenvalue weighted by Crippen LogP contribution is -2.41. The highest BCUT2D eigenvalue weighted by molar-refractivity contribution is 5.92. The van der Waals surface area contributed by atoms with Crippen molar-refractivity contribution in [3.8, 4) is 22.8 Å². The topological polar surface area (TPSA) is 228 Å². The summed E-state index contributed by atoms with van der Waals surface area (Å²) in [5.41, 5.74) is 2.59. The van der Waals surface area contributed by atoms with E-state index in [1.807, 2.05) is 6.07 Å². The van der Waals surface area contributed by atoms with Gasteiger partial charge < -0.3 is 30.7 Å². The van der Waals surface area contributed by atoms with Crippen molar-refractivity contribution in [2.75, 3.05) is 73.7 Å².